The zero-order chi connectivity index (χ0) is 22.4. The van der Waals surface area contributed by atoms with Crippen LogP contribution in [0.3, 0.4) is 0 Å². The zero-order valence-corrected chi connectivity index (χ0v) is 16.6. The van der Waals surface area contributed by atoms with Crippen molar-refractivity contribution >= 4 is 11.8 Å². The molecule has 2 aromatic rings. The number of likely N-dealkylation sites (tertiary alicyclic amines) is 1. The molecule has 31 heavy (non-hydrogen) atoms. The molecular weight excluding hydrogens is 416 g/mol. The number of rotatable bonds is 6. The fourth-order valence-electron chi connectivity index (χ4n) is 3.39. The topological polar surface area (TPSA) is 58.6 Å². The van der Waals surface area contributed by atoms with E-state index in [1.165, 1.54) is 36.4 Å². The maximum absolute atomic E-state index is 13.1. The summed E-state index contributed by atoms with van der Waals surface area (Å²) >= 11 is 0. The lowest BCUT2D eigenvalue weighted by molar-refractivity contribution is -0.153. The summed E-state index contributed by atoms with van der Waals surface area (Å²) in [5.74, 6) is -1.26. The quantitative estimate of drug-likeness (QED) is 0.696. The normalized spacial score (nSPS) is 16.6. The summed E-state index contributed by atoms with van der Waals surface area (Å²) < 4.78 is 54.7. The number of carbonyl (C=O) groups is 2. The molecule has 1 unspecified atom stereocenters. The lowest BCUT2D eigenvalue weighted by Crippen LogP contribution is -2.45. The first-order valence-corrected chi connectivity index (χ1v) is 9.82. The molecule has 1 aliphatic rings. The number of alkyl halides is 3. The van der Waals surface area contributed by atoms with Crippen molar-refractivity contribution in [3.8, 4) is 5.75 Å². The number of halogens is 4. The van der Waals surface area contributed by atoms with Crippen LogP contribution in [0.25, 0.3) is 0 Å². The summed E-state index contributed by atoms with van der Waals surface area (Å²) in [6.07, 6.45) is -3.15. The Morgan fingerprint density at radius 3 is 2.58 bits per heavy atom. The van der Waals surface area contributed by atoms with Crippen molar-refractivity contribution in [3.63, 3.8) is 0 Å². The molecule has 1 fully saturated rings. The molecule has 0 aliphatic carbocycles. The highest BCUT2D eigenvalue weighted by atomic mass is 19.4. The number of carbonyl (C=O) groups excluding carboxylic acids is 2. The fraction of sp³-hybridized carbons (Fsp3) is 0.364. The number of hydrogen-bond acceptors (Lipinski definition) is 3. The van der Waals surface area contributed by atoms with Gasteiger partial charge in [0.15, 0.2) is 6.61 Å². The molecule has 1 aliphatic heterocycles. The Balaban J connectivity index is 1.53. The van der Waals surface area contributed by atoms with E-state index in [2.05, 4.69) is 5.32 Å². The van der Waals surface area contributed by atoms with Crippen LogP contribution in [-0.2, 0) is 11.3 Å². The van der Waals surface area contributed by atoms with E-state index in [-0.39, 0.29) is 30.7 Å². The number of nitrogens with one attached hydrogen (secondary N) is 1. The maximum Gasteiger partial charge on any atom is 0.422 e. The largest absolute Gasteiger partial charge is 0.484 e. The third-order valence-corrected chi connectivity index (χ3v) is 4.94. The summed E-state index contributed by atoms with van der Waals surface area (Å²) in [6, 6.07) is 11.3. The van der Waals surface area contributed by atoms with Crippen molar-refractivity contribution in [3.05, 3.63) is 65.5 Å². The van der Waals surface area contributed by atoms with E-state index < -0.39 is 24.5 Å². The van der Waals surface area contributed by atoms with Crippen molar-refractivity contribution < 1.29 is 31.9 Å². The van der Waals surface area contributed by atoms with Gasteiger partial charge >= 0.3 is 6.18 Å². The second kappa shape index (κ2) is 9.80. The molecule has 9 heteroatoms. The van der Waals surface area contributed by atoms with Gasteiger partial charge in [-0.25, -0.2) is 4.39 Å². The lowest BCUT2D eigenvalue weighted by Gasteiger charge is -2.32. The minimum Gasteiger partial charge on any atom is -0.484 e. The van der Waals surface area contributed by atoms with Crippen molar-refractivity contribution in [2.24, 2.45) is 5.92 Å². The number of benzene rings is 2. The van der Waals surface area contributed by atoms with Gasteiger partial charge in [-0.05, 0) is 54.8 Å². The highest BCUT2D eigenvalue weighted by Gasteiger charge is 2.29. The molecule has 0 radical (unpaired) electrons. The molecule has 166 valence electrons. The van der Waals surface area contributed by atoms with Crippen LogP contribution in [0.15, 0.2) is 48.5 Å². The summed E-state index contributed by atoms with van der Waals surface area (Å²) in [6.45, 7) is -0.497. The maximum atomic E-state index is 13.1. The smallest absolute Gasteiger partial charge is 0.422 e. The second-order valence-corrected chi connectivity index (χ2v) is 7.37. The average molecular weight is 438 g/mol. The van der Waals surface area contributed by atoms with Gasteiger partial charge in [0.05, 0.1) is 5.92 Å². The van der Waals surface area contributed by atoms with Crippen LogP contribution in [0.1, 0.15) is 28.8 Å². The first-order chi connectivity index (χ1) is 14.7. The molecule has 1 heterocycles. The molecule has 1 saturated heterocycles. The van der Waals surface area contributed by atoms with E-state index in [9.17, 15) is 27.2 Å². The minimum atomic E-state index is -4.43. The number of nitrogens with zero attached hydrogens (tertiary/aromatic N) is 1. The summed E-state index contributed by atoms with van der Waals surface area (Å²) in [5.41, 5.74) is 0.959. The Labute approximate surface area is 177 Å². The fourth-order valence-corrected chi connectivity index (χ4v) is 3.39. The predicted molar refractivity (Wildman–Crippen MR) is 105 cm³/mol. The number of piperidine rings is 1. The number of ether oxygens (including phenoxy) is 1. The van der Waals surface area contributed by atoms with Crippen LogP contribution in [0.4, 0.5) is 17.6 Å². The van der Waals surface area contributed by atoms with E-state index in [0.29, 0.717) is 30.5 Å². The first-order valence-electron chi connectivity index (χ1n) is 9.82. The van der Waals surface area contributed by atoms with Crippen molar-refractivity contribution in [1.82, 2.24) is 10.2 Å². The Hall–Kier alpha value is -3.10. The molecule has 0 spiro atoms. The molecule has 0 bridgehead atoms. The van der Waals surface area contributed by atoms with E-state index in [1.54, 1.807) is 17.0 Å². The minimum absolute atomic E-state index is 0.0674. The van der Waals surface area contributed by atoms with E-state index in [4.69, 9.17) is 4.74 Å². The summed E-state index contributed by atoms with van der Waals surface area (Å²) in [4.78, 5) is 26.8. The van der Waals surface area contributed by atoms with Crippen molar-refractivity contribution in [2.45, 2.75) is 25.6 Å². The second-order valence-electron chi connectivity index (χ2n) is 7.37. The Morgan fingerprint density at radius 1 is 1.13 bits per heavy atom. The monoisotopic (exact) mass is 438 g/mol. The van der Waals surface area contributed by atoms with Gasteiger partial charge in [-0.15, -0.1) is 0 Å². The molecular formula is C22H22F4N2O3. The van der Waals surface area contributed by atoms with Crippen LogP contribution in [0.2, 0.25) is 0 Å². The SMILES string of the molecule is O=C(NCc1cccc(OCC(F)(F)F)c1)C1CCCN(C(=O)c2ccc(F)cc2)C1. The average Bonchev–Trinajstić information content (AvgIpc) is 2.76. The van der Waals surface area contributed by atoms with E-state index in [1.807, 2.05) is 0 Å². The van der Waals surface area contributed by atoms with Crippen molar-refractivity contribution in [1.29, 1.82) is 0 Å². The van der Waals surface area contributed by atoms with Gasteiger partial charge in [-0.3, -0.25) is 9.59 Å². The number of hydrogen-bond donors (Lipinski definition) is 1. The summed E-state index contributed by atoms with van der Waals surface area (Å²) in [5, 5.41) is 2.77. The standard InChI is InChI=1S/C22H22F4N2O3/c23-18-8-6-16(7-9-18)21(30)28-10-2-4-17(13-28)20(29)27-12-15-3-1-5-19(11-15)31-14-22(24,25)26/h1,3,5-9,11,17H,2,4,10,12-14H2,(H,27,29). The first kappa shape index (κ1) is 22.6. The highest BCUT2D eigenvalue weighted by Crippen LogP contribution is 2.21. The molecule has 0 aromatic heterocycles. The van der Waals surface area contributed by atoms with Gasteiger partial charge in [0, 0.05) is 25.2 Å². The molecule has 0 saturated carbocycles. The van der Waals surface area contributed by atoms with Crippen LogP contribution < -0.4 is 10.1 Å². The van der Waals surface area contributed by atoms with Gasteiger partial charge in [0.1, 0.15) is 11.6 Å². The Kier molecular flexibility index (Phi) is 7.14. The van der Waals surface area contributed by atoms with Gasteiger partial charge in [-0.2, -0.15) is 13.2 Å². The van der Waals surface area contributed by atoms with E-state index in [0.717, 1.165) is 0 Å². The van der Waals surface area contributed by atoms with E-state index >= 15 is 0 Å². The molecule has 2 amide bonds. The third kappa shape index (κ3) is 6.70. The van der Waals surface area contributed by atoms with Crippen LogP contribution in [-0.4, -0.2) is 42.6 Å². The van der Waals surface area contributed by atoms with Gasteiger partial charge in [0.2, 0.25) is 5.91 Å². The lowest BCUT2D eigenvalue weighted by atomic mass is 9.96. The molecule has 1 N–H and O–H groups in total. The van der Waals surface area contributed by atoms with Crippen LogP contribution >= 0.6 is 0 Å². The Bertz CT molecular complexity index is 916. The Morgan fingerprint density at radius 2 is 1.87 bits per heavy atom. The highest BCUT2D eigenvalue weighted by molar-refractivity contribution is 5.94. The molecule has 2 aromatic carbocycles. The third-order valence-electron chi connectivity index (χ3n) is 4.94. The van der Waals surface area contributed by atoms with Crippen LogP contribution in [0.5, 0.6) is 5.75 Å². The van der Waals surface area contributed by atoms with Gasteiger partial charge in [-0.1, -0.05) is 12.1 Å². The zero-order valence-electron chi connectivity index (χ0n) is 16.6. The predicted octanol–water partition coefficient (Wildman–Crippen LogP) is 3.94. The van der Waals surface area contributed by atoms with Gasteiger partial charge in [0.25, 0.3) is 5.91 Å². The molecule has 3 rings (SSSR count). The molecule has 1 atom stereocenters. The number of amides is 2. The van der Waals surface area contributed by atoms with Gasteiger partial charge < -0.3 is 15.0 Å². The van der Waals surface area contributed by atoms with Crippen LogP contribution in [0, 0.1) is 11.7 Å². The molecule has 5 nitrogen and oxygen atoms in total. The summed E-state index contributed by atoms with van der Waals surface area (Å²) in [7, 11) is 0. The van der Waals surface area contributed by atoms with Crippen molar-refractivity contribution in [2.75, 3.05) is 19.7 Å².